The summed E-state index contributed by atoms with van der Waals surface area (Å²) in [7, 11) is 0. The maximum Gasteiger partial charge on any atom is 0.471 e. The molecule has 0 aliphatic carbocycles. The first-order chi connectivity index (χ1) is 10.9. The number of carbonyl (C=O) groups is 2. The first-order valence-corrected chi connectivity index (χ1v) is 6.14. The van der Waals surface area contributed by atoms with Gasteiger partial charge in [-0.15, -0.1) is 0 Å². The van der Waals surface area contributed by atoms with Gasteiger partial charge in [-0.05, 0) is 19.1 Å². The topological polar surface area (TPSA) is 86.9 Å². The molecule has 6 nitrogen and oxygen atoms in total. The number of aromatic nitrogens is 2. The summed E-state index contributed by atoms with van der Waals surface area (Å²) >= 11 is 0. The number of H-pyrrole nitrogens is 1. The van der Waals surface area contributed by atoms with Crippen LogP contribution in [0.15, 0.2) is 12.1 Å². The third kappa shape index (κ3) is 3.75. The van der Waals surface area contributed by atoms with E-state index in [1.54, 1.807) is 0 Å². The Bertz CT molecular complexity index is 743. The maximum atomic E-state index is 12.3. The number of aryl methyl sites for hydroxylation is 1. The summed E-state index contributed by atoms with van der Waals surface area (Å²) in [6.07, 6.45) is -10.5. The molecule has 1 aromatic carbocycles. The third-order valence-electron chi connectivity index (χ3n) is 2.75. The van der Waals surface area contributed by atoms with Gasteiger partial charge in [0.15, 0.2) is 0 Å². The number of aromatic amines is 1. The molecule has 12 heteroatoms. The normalized spacial score (nSPS) is 12.3. The van der Waals surface area contributed by atoms with Gasteiger partial charge in [-0.2, -0.15) is 26.3 Å². The van der Waals surface area contributed by atoms with Gasteiger partial charge in [0.25, 0.3) is 0 Å². The van der Waals surface area contributed by atoms with Crippen molar-refractivity contribution in [3.8, 4) is 0 Å². The molecule has 1 heterocycles. The smallest absolute Gasteiger partial charge is 0.342 e. The second kappa shape index (κ2) is 5.69. The summed E-state index contributed by atoms with van der Waals surface area (Å²) in [5.74, 6) is -4.48. The van der Waals surface area contributed by atoms with Crippen LogP contribution in [-0.4, -0.2) is 34.1 Å². The fourth-order valence-corrected chi connectivity index (χ4v) is 1.78. The summed E-state index contributed by atoms with van der Waals surface area (Å²) in [6.45, 7) is 1.50. The zero-order valence-electron chi connectivity index (χ0n) is 11.7. The molecular formula is C12H8F6N4O2. The molecule has 2 aromatic rings. The predicted octanol–water partition coefficient (Wildman–Crippen LogP) is 2.87. The number of hydrogen-bond acceptors (Lipinski definition) is 3. The van der Waals surface area contributed by atoms with E-state index in [0.29, 0.717) is 5.82 Å². The molecule has 3 N–H and O–H groups in total. The first kappa shape index (κ1) is 17.6. The number of fused-ring (bicyclic) bond motifs is 1. The van der Waals surface area contributed by atoms with E-state index in [4.69, 9.17) is 0 Å². The monoisotopic (exact) mass is 354 g/mol. The molecule has 1 aromatic heterocycles. The first-order valence-electron chi connectivity index (χ1n) is 6.14. The van der Waals surface area contributed by atoms with Crippen molar-refractivity contribution in [1.29, 1.82) is 0 Å². The van der Waals surface area contributed by atoms with E-state index in [0.717, 1.165) is 12.1 Å². The summed E-state index contributed by atoms with van der Waals surface area (Å²) in [5, 5.41) is 2.82. The zero-order chi connectivity index (χ0) is 18.3. The largest absolute Gasteiger partial charge is 0.471 e. The molecule has 0 radical (unpaired) electrons. The molecule has 0 spiro atoms. The Balaban J connectivity index is 2.47. The van der Waals surface area contributed by atoms with E-state index in [1.807, 2.05) is 0 Å². The lowest BCUT2D eigenvalue weighted by Crippen LogP contribution is -2.32. The molecule has 2 amide bonds. The lowest BCUT2D eigenvalue weighted by Gasteiger charge is -2.14. The van der Waals surface area contributed by atoms with E-state index in [-0.39, 0.29) is 11.0 Å². The second-order valence-electron chi connectivity index (χ2n) is 4.64. The molecule has 24 heavy (non-hydrogen) atoms. The highest BCUT2D eigenvalue weighted by molar-refractivity contribution is 6.05. The number of hydrogen-bond donors (Lipinski definition) is 3. The SMILES string of the molecule is Cc1nc2cc(NC(=O)C(F)(F)F)c(NC(=O)C(F)(F)F)cc2[nH]1. The third-order valence-corrected chi connectivity index (χ3v) is 2.75. The van der Waals surface area contributed by atoms with Crippen molar-refractivity contribution in [3.63, 3.8) is 0 Å². The number of benzene rings is 1. The number of anilines is 2. The summed E-state index contributed by atoms with van der Waals surface area (Å²) < 4.78 is 74.0. The highest BCUT2D eigenvalue weighted by atomic mass is 19.4. The number of imidazole rings is 1. The van der Waals surface area contributed by atoms with Crippen molar-refractivity contribution in [2.75, 3.05) is 10.6 Å². The van der Waals surface area contributed by atoms with Crippen LogP contribution in [0.2, 0.25) is 0 Å². The van der Waals surface area contributed by atoms with E-state index in [2.05, 4.69) is 9.97 Å². The molecule has 0 unspecified atom stereocenters. The van der Waals surface area contributed by atoms with Crippen LogP contribution in [0.25, 0.3) is 11.0 Å². The number of nitrogens with one attached hydrogen (secondary N) is 3. The van der Waals surface area contributed by atoms with E-state index in [9.17, 15) is 35.9 Å². The Morgan fingerprint density at radius 2 is 1.42 bits per heavy atom. The summed E-state index contributed by atoms with van der Waals surface area (Å²) in [4.78, 5) is 28.6. The van der Waals surface area contributed by atoms with E-state index in [1.165, 1.54) is 17.6 Å². The average molecular weight is 354 g/mol. The van der Waals surface area contributed by atoms with Gasteiger partial charge >= 0.3 is 24.2 Å². The Morgan fingerprint density at radius 1 is 0.958 bits per heavy atom. The second-order valence-corrected chi connectivity index (χ2v) is 4.64. The number of halogens is 6. The summed E-state index contributed by atoms with van der Waals surface area (Å²) in [6, 6.07) is 1.85. The van der Waals surface area contributed by atoms with Crippen LogP contribution in [0.1, 0.15) is 5.82 Å². The molecule has 0 saturated carbocycles. The number of amides is 2. The molecule has 0 saturated heterocycles. The van der Waals surface area contributed by atoms with Crippen molar-refractivity contribution in [2.45, 2.75) is 19.3 Å². The van der Waals surface area contributed by atoms with Gasteiger partial charge in [0.2, 0.25) is 0 Å². The average Bonchev–Trinajstić information content (AvgIpc) is 2.75. The van der Waals surface area contributed by atoms with Gasteiger partial charge in [0.1, 0.15) is 5.82 Å². The highest BCUT2D eigenvalue weighted by Gasteiger charge is 2.41. The lowest BCUT2D eigenvalue weighted by molar-refractivity contribution is -0.167. The molecule has 130 valence electrons. The van der Waals surface area contributed by atoms with Gasteiger partial charge in [0.05, 0.1) is 22.4 Å². The molecule has 0 fully saturated rings. The fourth-order valence-electron chi connectivity index (χ4n) is 1.78. The Kier molecular flexibility index (Phi) is 4.16. The Hall–Kier alpha value is -2.79. The minimum Gasteiger partial charge on any atom is -0.342 e. The Morgan fingerprint density at radius 3 is 1.88 bits per heavy atom. The van der Waals surface area contributed by atoms with Crippen LogP contribution < -0.4 is 10.6 Å². The summed E-state index contributed by atoms with van der Waals surface area (Å²) in [5.41, 5.74) is -1.08. The van der Waals surface area contributed by atoms with Crippen molar-refractivity contribution in [3.05, 3.63) is 18.0 Å². The maximum absolute atomic E-state index is 12.3. The zero-order valence-corrected chi connectivity index (χ0v) is 11.7. The quantitative estimate of drug-likeness (QED) is 0.725. The molecule has 0 aliphatic heterocycles. The highest BCUT2D eigenvalue weighted by Crippen LogP contribution is 2.30. The molecule has 0 atom stereocenters. The Labute approximate surface area is 129 Å². The molecule has 2 rings (SSSR count). The van der Waals surface area contributed by atoms with Crippen molar-refractivity contribution in [1.82, 2.24) is 9.97 Å². The van der Waals surface area contributed by atoms with Crippen LogP contribution in [0.3, 0.4) is 0 Å². The van der Waals surface area contributed by atoms with Crippen LogP contribution in [0.5, 0.6) is 0 Å². The van der Waals surface area contributed by atoms with E-state index < -0.39 is 35.5 Å². The van der Waals surface area contributed by atoms with Crippen LogP contribution in [0.4, 0.5) is 37.7 Å². The minimum absolute atomic E-state index is 0.0926. The van der Waals surface area contributed by atoms with Crippen molar-refractivity contribution >= 4 is 34.2 Å². The van der Waals surface area contributed by atoms with Gasteiger partial charge in [0, 0.05) is 0 Å². The molecule has 0 bridgehead atoms. The van der Waals surface area contributed by atoms with Gasteiger partial charge < -0.3 is 15.6 Å². The van der Waals surface area contributed by atoms with Crippen LogP contribution >= 0.6 is 0 Å². The standard InChI is InChI=1S/C12H8F6N4O2/c1-4-19-5-2-7(21-9(23)11(13,14)15)8(3-6(5)20-4)22-10(24)12(16,17)18/h2-3H,1H3,(H,19,20)(H,21,23)(H,22,24). The van der Waals surface area contributed by atoms with Crippen molar-refractivity contribution in [2.24, 2.45) is 0 Å². The van der Waals surface area contributed by atoms with Crippen molar-refractivity contribution < 1.29 is 35.9 Å². The van der Waals surface area contributed by atoms with Crippen LogP contribution in [-0.2, 0) is 9.59 Å². The number of rotatable bonds is 2. The fraction of sp³-hybridized carbons (Fsp3) is 0.250. The van der Waals surface area contributed by atoms with Gasteiger partial charge in [-0.1, -0.05) is 0 Å². The number of nitrogens with zero attached hydrogens (tertiary/aromatic N) is 1. The predicted molar refractivity (Wildman–Crippen MR) is 70.2 cm³/mol. The number of carbonyl (C=O) groups excluding carboxylic acids is 2. The van der Waals surface area contributed by atoms with Crippen LogP contribution in [0, 0.1) is 6.92 Å². The van der Waals surface area contributed by atoms with E-state index >= 15 is 0 Å². The lowest BCUT2D eigenvalue weighted by atomic mass is 10.2. The molecule has 0 aliphatic rings. The van der Waals surface area contributed by atoms with Gasteiger partial charge in [-0.3, -0.25) is 9.59 Å². The number of alkyl halides is 6. The molecular weight excluding hydrogens is 346 g/mol. The minimum atomic E-state index is -5.26. The van der Waals surface area contributed by atoms with Gasteiger partial charge in [-0.25, -0.2) is 4.98 Å².